The number of hydrogen-bond acceptors (Lipinski definition) is 1. The first-order valence-electron chi connectivity index (χ1n) is 6.06. The predicted molar refractivity (Wildman–Crippen MR) is 72.2 cm³/mol. The van der Waals surface area contributed by atoms with Gasteiger partial charge in [0.1, 0.15) is 0 Å². The van der Waals surface area contributed by atoms with Crippen molar-refractivity contribution in [2.75, 3.05) is 0 Å². The molecule has 17 heavy (non-hydrogen) atoms. The number of hydrogen-bond donors (Lipinski definition) is 1. The average molecular weight is 233 g/mol. The van der Waals surface area contributed by atoms with Gasteiger partial charge in [-0.3, -0.25) is 4.79 Å². The van der Waals surface area contributed by atoms with Crippen LogP contribution in [0, 0.1) is 6.92 Å². The van der Waals surface area contributed by atoms with Crippen LogP contribution < -0.4 is 5.73 Å². The molecule has 2 N–H and O–H groups in total. The maximum atomic E-state index is 8.58. The van der Waals surface area contributed by atoms with Gasteiger partial charge in [0.2, 0.25) is 6.41 Å². The fraction of sp³-hybridized carbons (Fsp3) is 0.533. The lowest BCUT2D eigenvalue weighted by molar-refractivity contribution is -0.106. The molecule has 2 nitrogen and oxygen atoms in total. The summed E-state index contributed by atoms with van der Waals surface area (Å²) >= 11 is 0. The number of primary amides is 1. The molecule has 0 spiro atoms. The maximum Gasteiger partial charge on any atom is 0.204 e. The Morgan fingerprint density at radius 2 is 1.47 bits per heavy atom. The van der Waals surface area contributed by atoms with E-state index in [0.29, 0.717) is 0 Å². The van der Waals surface area contributed by atoms with Crippen molar-refractivity contribution in [2.24, 2.45) is 5.73 Å². The van der Waals surface area contributed by atoms with Crippen LogP contribution in [0.2, 0.25) is 0 Å². The van der Waals surface area contributed by atoms with Crippen molar-refractivity contribution in [1.82, 2.24) is 0 Å². The quantitative estimate of drug-likeness (QED) is 0.688. The summed E-state index contributed by atoms with van der Waals surface area (Å²) in [6.07, 6.45) is 8.38. The first kappa shape index (κ1) is 13.8. The zero-order chi connectivity index (χ0) is 11.5. The monoisotopic (exact) mass is 233 g/mol. The Bertz CT molecular complexity index is 378. The SMILES string of the molecule is C.Cc1c2c(cc3c1CCC3)CCC2.NC=O. The van der Waals surface area contributed by atoms with Gasteiger partial charge in [0, 0.05) is 0 Å². The number of nitrogens with two attached hydrogens (primary N) is 1. The van der Waals surface area contributed by atoms with E-state index in [-0.39, 0.29) is 13.8 Å². The van der Waals surface area contributed by atoms with Crippen molar-refractivity contribution in [3.8, 4) is 0 Å². The van der Waals surface area contributed by atoms with Gasteiger partial charge in [-0.15, -0.1) is 0 Å². The highest BCUT2D eigenvalue weighted by Crippen LogP contribution is 2.34. The molecule has 0 saturated carbocycles. The van der Waals surface area contributed by atoms with Gasteiger partial charge in [-0.2, -0.15) is 0 Å². The Kier molecular flexibility index (Phi) is 4.73. The minimum absolute atomic E-state index is 0. The molecule has 3 rings (SSSR count). The van der Waals surface area contributed by atoms with Crippen LogP contribution in [0.3, 0.4) is 0 Å². The van der Waals surface area contributed by atoms with E-state index in [1.165, 1.54) is 38.5 Å². The number of rotatable bonds is 0. The Hall–Kier alpha value is -1.31. The van der Waals surface area contributed by atoms with E-state index in [2.05, 4.69) is 18.7 Å². The minimum atomic E-state index is 0. The highest BCUT2D eigenvalue weighted by molar-refractivity contribution is 5.49. The van der Waals surface area contributed by atoms with Crippen molar-refractivity contribution < 1.29 is 4.79 Å². The molecule has 0 heterocycles. The first-order valence-corrected chi connectivity index (χ1v) is 6.06. The standard InChI is InChI=1S/C13H16.CH3NO.CH4/c1-9-12-6-2-4-10(12)8-11-5-3-7-13(9)11;2-1-3;/h8H,2-7H2,1H3;1H,(H2,2,3);1H4. The lowest BCUT2D eigenvalue weighted by Crippen LogP contribution is -1.95. The van der Waals surface area contributed by atoms with Crippen LogP contribution in [0.15, 0.2) is 6.07 Å². The summed E-state index contributed by atoms with van der Waals surface area (Å²) in [6, 6.07) is 2.50. The van der Waals surface area contributed by atoms with Crippen molar-refractivity contribution in [2.45, 2.75) is 52.9 Å². The average Bonchev–Trinajstić information content (AvgIpc) is 2.87. The first-order chi connectivity index (χ1) is 7.77. The van der Waals surface area contributed by atoms with E-state index in [9.17, 15) is 0 Å². The number of aryl methyl sites for hydroxylation is 2. The highest BCUT2D eigenvalue weighted by Gasteiger charge is 2.21. The number of benzene rings is 1. The number of fused-ring (bicyclic) bond motifs is 2. The van der Waals surface area contributed by atoms with E-state index in [1.54, 1.807) is 27.8 Å². The molecule has 0 unspecified atom stereocenters. The highest BCUT2D eigenvalue weighted by atomic mass is 16.1. The summed E-state index contributed by atoms with van der Waals surface area (Å²) in [5.41, 5.74) is 12.5. The number of carbonyl (C=O) groups is 1. The van der Waals surface area contributed by atoms with Gasteiger partial charge in [-0.1, -0.05) is 13.5 Å². The van der Waals surface area contributed by atoms with E-state index >= 15 is 0 Å². The van der Waals surface area contributed by atoms with Crippen LogP contribution >= 0.6 is 0 Å². The van der Waals surface area contributed by atoms with Gasteiger partial charge < -0.3 is 5.73 Å². The lowest BCUT2D eigenvalue weighted by Gasteiger charge is -2.10. The second kappa shape index (κ2) is 5.85. The van der Waals surface area contributed by atoms with Crippen molar-refractivity contribution in [3.63, 3.8) is 0 Å². The summed E-state index contributed by atoms with van der Waals surface area (Å²) in [5, 5.41) is 0. The normalized spacial score (nSPS) is 15.1. The van der Waals surface area contributed by atoms with Gasteiger partial charge >= 0.3 is 0 Å². The van der Waals surface area contributed by atoms with Crippen molar-refractivity contribution >= 4 is 6.41 Å². The van der Waals surface area contributed by atoms with Crippen LogP contribution in [-0.4, -0.2) is 6.41 Å². The molecule has 2 heteroatoms. The van der Waals surface area contributed by atoms with Crippen LogP contribution in [-0.2, 0) is 30.5 Å². The summed E-state index contributed by atoms with van der Waals surface area (Å²) in [5.74, 6) is 0. The molecule has 0 aliphatic heterocycles. The molecule has 0 saturated heterocycles. The molecule has 2 aliphatic carbocycles. The second-order valence-corrected chi connectivity index (χ2v) is 4.62. The molecule has 1 amide bonds. The second-order valence-electron chi connectivity index (χ2n) is 4.62. The third-order valence-electron chi connectivity index (χ3n) is 3.77. The summed E-state index contributed by atoms with van der Waals surface area (Å²) in [7, 11) is 0. The van der Waals surface area contributed by atoms with Gasteiger partial charge in [0.15, 0.2) is 0 Å². The Morgan fingerprint density at radius 1 is 1.06 bits per heavy atom. The third kappa shape index (κ3) is 2.51. The molecule has 0 atom stereocenters. The van der Waals surface area contributed by atoms with Crippen LogP contribution in [0.25, 0.3) is 0 Å². The fourth-order valence-electron chi connectivity index (χ4n) is 3.10. The van der Waals surface area contributed by atoms with E-state index in [4.69, 9.17) is 4.79 Å². The zero-order valence-electron chi connectivity index (χ0n) is 9.88. The fourth-order valence-corrected chi connectivity index (χ4v) is 3.10. The van der Waals surface area contributed by atoms with E-state index in [1.807, 2.05) is 0 Å². The van der Waals surface area contributed by atoms with Crippen LogP contribution in [0.5, 0.6) is 0 Å². The predicted octanol–water partition coefficient (Wildman–Crippen LogP) is 2.71. The molecule has 0 aromatic heterocycles. The third-order valence-corrected chi connectivity index (χ3v) is 3.77. The van der Waals surface area contributed by atoms with Crippen LogP contribution in [0.1, 0.15) is 48.1 Å². The molecule has 1 aromatic rings. The van der Waals surface area contributed by atoms with Crippen molar-refractivity contribution in [3.05, 3.63) is 33.9 Å². The van der Waals surface area contributed by atoms with Gasteiger partial charge in [-0.25, -0.2) is 0 Å². The van der Waals surface area contributed by atoms with E-state index in [0.717, 1.165) is 0 Å². The summed E-state index contributed by atoms with van der Waals surface area (Å²) in [6.45, 7) is 2.34. The Balaban J connectivity index is 0.000000331. The number of carbonyl (C=O) groups excluding carboxylic acids is 1. The largest absolute Gasteiger partial charge is 0.372 e. The molecular formula is C15H23NO. The zero-order valence-corrected chi connectivity index (χ0v) is 9.88. The molecule has 0 fully saturated rings. The molecular weight excluding hydrogens is 210 g/mol. The summed E-state index contributed by atoms with van der Waals surface area (Å²) in [4.78, 5) is 8.58. The molecule has 94 valence electrons. The number of amides is 1. The van der Waals surface area contributed by atoms with E-state index < -0.39 is 0 Å². The minimum Gasteiger partial charge on any atom is -0.372 e. The molecule has 2 aliphatic rings. The van der Waals surface area contributed by atoms with Crippen LogP contribution in [0.4, 0.5) is 0 Å². The Labute approximate surface area is 104 Å². The Morgan fingerprint density at radius 3 is 1.88 bits per heavy atom. The maximum absolute atomic E-state index is 8.58. The molecule has 0 radical (unpaired) electrons. The lowest BCUT2D eigenvalue weighted by atomic mass is 9.95. The molecule has 0 bridgehead atoms. The smallest absolute Gasteiger partial charge is 0.204 e. The summed E-state index contributed by atoms with van der Waals surface area (Å²) < 4.78 is 0. The topological polar surface area (TPSA) is 43.1 Å². The van der Waals surface area contributed by atoms with Crippen molar-refractivity contribution in [1.29, 1.82) is 0 Å². The van der Waals surface area contributed by atoms with Gasteiger partial charge in [0.25, 0.3) is 0 Å². The van der Waals surface area contributed by atoms with Gasteiger partial charge in [0.05, 0.1) is 0 Å². The molecule has 1 aromatic carbocycles. The van der Waals surface area contributed by atoms with Gasteiger partial charge in [-0.05, 0) is 73.3 Å².